The van der Waals surface area contributed by atoms with Crippen molar-refractivity contribution in [3.63, 3.8) is 0 Å². The lowest BCUT2D eigenvalue weighted by atomic mass is 10.1. The van der Waals surface area contributed by atoms with Crippen molar-refractivity contribution in [2.45, 2.75) is 46.7 Å². The van der Waals surface area contributed by atoms with Gasteiger partial charge in [-0.1, -0.05) is 25.4 Å². The number of fused-ring (bicyclic) bond motifs is 1. The molecule has 1 aromatic heterocycles. The second kappa shape index (κ2) is 9.46. The van der Waals surface area contributed by atoms with Gasteiger partial charge < -0.3 is 10.2 Å². The Morgan fingerprint density at radius 1 is 1.17 bits per heavy atom. The van der Waals surface area contributed by atoms with E-state index < -0.39 is 0 Å². The van der Waals surface area contributed by atoms with Crippen LogP contribution in [0.4, 0.5) is 22.0 Å². The summed E-state index contributed by atoms with van der Waals surface area (Å²) in [5, 5.41) is 3.48. The number of aromatic nitrogens is 1. The summed E-state index contributed by atoms with van der Waals surface area (Å²) < 4.78 is 0. The zero-order chi connectivity index (χ0) is 20.4. The lowest BCUT2D eigenvalue weighted by Crippen LogP contribution is -2.48. The van der Waals surface area contributed by atoms with E-state index in [0.717, 1.165) is 17.8 Å². The molecule has 0 saturated carbocycles. The summed E-state index contributed by atoms with van der Waals surface area (Å²) >= 11 is 6.01. The lowest BCUT2D eigenvalue weighted by Gasteiger charge is -2.38. The van der Waals surface area contributed by atoms with Crippen LogP contribution in [0.2, 0.25) is 5.02 Å². The Bertz CT molecular complexity index is 887. The predicted molar refractivity (Wildman–Crippen MR) is 119 cm³/mol. The van der Waals surface area contributed by atoms with Gasteiger partial charge in [-0.25, -0.2) is 9.78 Å². The van der Waals surface area contributed by atoms with Crippen molar-refractivity contribution in [2.24, 2.45) is 5.92 Å². The first-order valence-electron chi connectivity index (χ1n) is 9.48. The van der Waals surface area contributed by atoms with E-state index in [9.17, 15) is 9.59 Å². The summed E-state index contributed by atoms with van der Waals surface area (Å²) in [6.07, 6.45) is 0.761. The van der Waals surface area contributed by atoms with Gasteiger partial charge in [0.2, 0.25) is 5.91 Å². The molecule has 3 amide bonds. The normalized spacial score (nSPS) is 14.3. The number of benzene rings is 1. The van der Waals surface area contributed by atoms with Crippen LogP contribution in [0.15, 0.2) is 36.4 Å². The van der Waals surface area contributed by atoms with Crippen molar-refractivity contribution < 1.29 is 9.59 Å². The maximum Gasteiger partial charge on any atom is 0.329 e. The summed E-state index contributed by atoms with van der Waals surface area (Å²) in [5.74, 6) is 0.354. The van der Waals surface area contributed by atoms with Crippen LogP contribution in [-0.4, -0.2) is 27.9 Å². The Balaban J connectivity index is 0.00000300. The van der Waals surface area contributed by atoms with E-state index in [2.05, 4.69) is 10.3 Å². The number of carbonyl (C=O) groups is 2. The molecular weight excluding hydrogens is 411 g/mol. The Hall–Kier alpha value is -2.31. The summed E-state index contributed by atoms with van der Waals surface area (Å²) in [6.45, 7) is 8.19. The Morgan fingerprint density at radius 2 is 1.83 bits per heavy atom. The molecular formula is C21H26Cl2N4O2. The van der Waals surface area contributed by atoms with Crippen molar-refractivity contribution in [1.82, 2.24) is 9.88 Å². The summed E-state index contributed by atoms with van der Waals surface area (Å²) in [5.41, 5.74) is 2.18. The highest BCUT2D eigenvalue weighted by Gasteiger charge is 2.34. The highest BCUT2D eigenvalue weighted by atomic mass is 35.5. The average Bonchev–Trinajstić information content (AvgIpc) is 2.67. The fourth-order valence-corrected chi connectivity index (χ4v) is 3.15. The Morgan fingerprint density at radius 3 is 2.41 bits per heavy atom. The van der Waals surface area contributed by atoms with E-state index in [4.69, 9.17) is 11.6 Å². The molecule has 0 spiro atoms. The average molecular weight is 437 g/mol. The molecule has 3 rings (SSSR count). The van der Waals surface area contributed by atoms with E-state index in [1.807, 2.05) is 45.9 Å². The zero-order valence-corrected chi connectivity index (χ0v) is 18.5. The van der Waals surface area contributed by atoms with E-state index in [0.29, 0.717) is 23.1 Å². The highest BCUT2D eigenvalue weighted by molar-refractivity contribution is 6.30. The molecule has 1 N–H and O–H groups in total. The fraction of sp³-hybridized carbons (Fsp3) is 0.381. The monoisotopic (exact) mass is 436 g/mol. The van der Waals surface area contributed by atoms with E-state index in [1.165, 1.54) is 0 Å². The third-order valence-corrected chi connectivity index (χ3v) is 5.22. The van der Waals surface area contributed by atoms with E-state index >= 15 is 0 Å². The minimum Gasteiger partial charge on any atom is -0.316 e. The Kier molecular flexibility index (Phi) is 7.49. The van der Waals surface area contributed by atoms with Crippen LogP contribution in [-0.2, 0) is 11.3 Å². The van der Waals surface area contributed by atoms with Crippen molar-refractivity contribution in [2.75, 3.05) is 10.2 Å². The second-order valence-corrected chi connectivity index (χ2v) is 7.71. The first-order chi connectivity index (χ1) is 13.3. The molecule has 0 aliphatic carbocycles. The number of urea groups is 1. The van der Waals surface area contributed by atoms with Gasteiger partial charge in [0.05, 0.1) is 23.6 Å². The van der Waals surface area contributed by atoms with Crippen molar-refractivity contribution >= 4 is 53.1 Å². The van der Waals surface area contributed by atoms with Crippen LogP contribution in [0.25, 0.3) is 0 Å². The number of nitrogens with one attached hydrogen (secondary N) is 1. The number of halogens is 2. The molecule has 8 heteroatoms. The minimum atomic E-state index is -0.108. The van der Waals surface area contributed by atoms with Crippen molar-refractivity contribution in [3.8, 4) is 0 Å². The molecule has 1 atom stereocenters. The Labute approximate surface area is 182 Å². The van der Waals surface area contributed by atoms with Crippen LogP contribution >= 0.6 is 24.0 Å². The van der Waals surface area contributed by atoms with E-state index in [-0.39, 0.29) is 36.3 Å². The van der Waals surface area contributed by atoms with Gasteiger partial charge in [0.25, 0.3) is 0 Å². The fourth-order valence-electron chi connectivity index (χ4n) is 3.02. The third kappa shape index (κ3) is 4.82. The lowest BCUT2D eigenvalue weighted by molar-refractivity contribution is -0.119. The molecule has 1 aliphatic rings. The van der Waals surface area contributed by atoms with Crippen LogP contribution in [0.5, 0.6) is 0 Å². The quantitative estimate of drug-likeness (QED) is 0.660. The van der Waals surface area contributed by atoms with E-state index in [1.54, 1.807) is 28.0 Å². The molecule has 29 heavy (non-hydrogen) atoms. The number of hydrogen-bond donors (Lipinski definition) is 1. The van der Waals surface area contributed by atoms with Gasteiger partial charge in [-0.3, -0.25) is 9.69 Å². The van der Waals surface area contributed by atoms with Gasteiger partial charge >= 0.3 is 6.03 Å². The standard InChI is InChI=1S/C21H25ClN4O2.ClH/c1-5-14(4)20(27)24-19-11-10-18-17(23-19)12-25(13(2)3)21(28)26(18)16-8-6-15(22)7-9-16;/h6-11,13-14H,5,12H2,1-4H3,(H,23,24,27);1H/t14-;/m1./s1. The molecule has 6 nitrogen and oxygen atoms in total. The van der Waals surface area contributed by atoms with Crippen LogP contribution in [0.1, 0.15) is 39.8 Å². The summed E-state index contributed by atoms with van der Waals surface area (Å²) in [4.78, 5) is 33.4. The summed E-state index contributed by atoms with van der Waals surface area (Å²) in [6, 6.07) is 10.6. The molecule has 156 valence electrons. The molecule has 2 aromatic rings. The molecule has 0 unspecified atom stereocenters. The van der Waals surface area contributed by atoms with Gasteiger partial charge in [-0.2, -0.15) is 0 Å². The maximum atomic E-state index is 13.1. The van der Waals surface area contributed by atoms with Crippen LogP contribution in [0.3, 0.4) is 0 Å². The number of carbonyl (C=O) groups excluding carboxylic acids is 2. The zero-order valence-electron chi connectivity index (χ0n) is 17.0. The second-order valence-electron chi connectivity index (χ2n) is 7.28. The van der Waals surface area contributed by atoms with Crippen molar-refractivity contribution in [1.29, 1.82) is 0 Å². The van der Waals surface area contributed by atoms with Gasteiger partial charge in [-0.05, 0) is 56.7 Å². The number of pyridine rings is 1. The number of hydrogen-bond acceptors (Lipinski definition) is 3. The van der Waals surface area contributed by atoms with Crippen molar-refractivity contribution in [3.05, 3.63) is 47.1 Å². The predicted octanol–water partition coefficient (Wildman–Crippen LogP) is 5.62. The number of anilines is 3. The van der Waals surface area contributed by atoms with Gasteiger partial charge in [0, 0.05) is 17.0 Å². The van der Waals surface area contributed by atoms with Crippen LogP contribution in [0, 0.1) is 5.92 Å². The number of amides is 3. The molecule has 1 aromatic carbocycles. The maximum absolute atomic E-state index is 13.1. The molecule has 1 aliphatic heterocycles. The molecule has 0 fully saturated rings. The number of rotatable bonds is 5. The highest BCUT2D eigenvalue weighted by Crippen LogP contribution is 2.36. The first kappa shape index (κ1) is 23.0. The number of nitrogens with zero attached hydrogens (tertiary/aromatic N) is 3. The molecule has 0 radical (unpaired) electrons. The molecule has 0 bridgehead atoms. The molecule has 0 saturated heterocycles. The summed E-state index contributed by atoms with van der Waals surface area (Å²) in [7, 11) is 0. The topological polar surface area (TPSA) is 65.5 Å². The van der Waals surface area contributed by atoms with Gasteiger partial charge in [0.1, 0.15) is 5.82 Å². The van der Waals surface area contributed by atoms with Crippen LogP contribution < -0.4 is 10.2 Å². The largest absolute Gasteiger partial charge is 0.329 e. The third-order valence-electron chi connectivity index (χ3n) is 4.97. The van der Waals surface area contributed by atoms with Gasteiger partial charge in [-0.15, -0.1) is 12.4 Å². The SMILES string of the molecule is CC[C@@H](C)C(=O)Nc1ccc2c(n1)CN(C(C)C)C(=O)N2c1ccc(Cl)cc1.Cl. The smallest absolute Gasteiger partial charge is 0.316 e. The van der Waals surface area contributed by atoms with Gasteiger partial charge in [0.15, 0.2) is 0 Å². The first-order valence-corrected chi connectivity index (χ1v) is 9.86. The molecule has 2 heterocycles. The minimum absolute atomic E-state index is 0.